The van der Waals surface area contributed by atoms with Crippen molar-refractivity contribution in [3.63, 3.8) is 0 Å². The smallest absolute Gasteiger partial charge is 0.180 e. The third-order valence-electron chi connectivity index (χ3n) is 3.04. The summed E-state index contributed by atoms with van der Waals surface area (Å²) >= 11 is 1.27. The van der Waals surface area contributed by atoms with Gasteiger partial charge < -0.3 is 0 Å². The Hall–Kier alpha value is -0.370. The predicted octanol–water partition coefficient (Wildman–Crippen LogP) is 4.66. The summed E-state index contributed by atoms with van der Waals surface area (Å²) in [4.78, 5) is 1.08. The lowest BCUT2D eigenvalue weighted by Gasteiger charge is -2.27. The van der Waals surface area contributed by atoms with Gasteiger partial charge in [-0.05, 0) is 31.2 Å². The Balaban J connectivity index is 3.04. The van der Waals surface area contributed by atoms with Crippen molar-refractivity contribution in [3.8, 4) is 0 Å². The van der Waals surface area contributed by atoms with Crippen molar-refractivity contribution in [2.24, 2.45) is 0 Å². The molecule has 1 heterocycles. The SMILES string of the molecule is CCCC(C)(CC)c1cc(C)sc1F. The lowest BCUT2D eigenvalue weighted by Crippen LogP contribution is -2.20. The summed E-state index contributed by atoms with van der Waals surface area (Å²) in [6, 6.07) is 2.01. The molecule has 2 heteroatoms. The molecule has 0 spiro atoms. The topological polar surface area (TPSA) is 0 Å². The molecule has 0 radical (unpaired) electrons. The Labute approximate surface area is 90.2 Å². The van der Waals surface area contributed by atoms with Crippen molar-refractivity contribution in [2.75, 3.05) is 0 Å². The van der Waals surface area contributed by atoms with E-state index in [-0.39, 0.29) is 10.5 Å². The zero-order valence-electron chi connectivity index (χ0n) is 9.48. The normalized spacial score (nSPS) is 15.5. The molecule has 0 aromatic carbocycles. The lowest BCUT2D eigenvalue weighted by molar-refractivity contribution is 0.399. The molecule has 1 unspecified atom stereocenters. The highest BCUT2D eigenvalue weighted by molar-refractivity contribution is 7.10. The van der Waals surface area contributed by atoms with Gasteiger partial charge in [-0.2, -0.15) is 4.39 Å². The minimum Gasteiger partial charge on any atom is -0.195 e. The molecular formula is C12H19FS. The molecule has 1 rings (SSSR count). The Kier molecular flexibility index (Phi) is 3.71. The van der Waals surface area contributed by atoms with Gasteiger partial charge in [0, 0.05) is 10.4 Å². The Morgan fingerprint density at radius 2 is 2.07 bits per heavy atom. The molecule has 0 saturated heterocycles. The van der Waals surface area contributed by atoms with E-state index in [1.54, 1.807) is 0 Å². The van der Waals surface area contributed by atoms with Gasteiger partial charge in [0.2, 0.25) is 0 Å². The fourth-order valence-electron chi connectivity index (χ4n) is 1.95. The van der Waals surface area contributed by atoms with Gasteiger partial charge in [0.1, 0.15) is 0 Å². The van der Waals surface area contributed by atoms with Crippen LogP contribution in [0, 0.1) is 12.1 Å². The van der Waals surface area contributed by atoms with Crippen molar-refractivity contribution in [2.45, 2.75) is 52.4 Å². The van der Waals surface area contributed by atoms with Crippen LogP contribution in [0.2, 0.25) is 0 Å². The Morgan fingerprint density at radius 3 is 2.43 bits per heavy atom. The molecule has 0 amide bonds. The second kappa shape index (κ2) is 4.43. The number of thiophene rings is 1. The highest BCUT2D eigenvalue weighted by Crippen LogP contribution is 2.37. The molecule has 80 valence electrons. The average Bonchev–Trinajstić information content (AvgIpc) is 2.46. The Morgan fingerprint density at radius 1 is 1.43 bits per heavy atom. The van der Waals surface area contributed by atoms with Crippen LogP contribution in [-0.4, -0.2) is 0 Å². The summed E-state index contributed by atoms with van der Waals surface area (Å²) in [5, 5.41) is 0.0142. The predicted molar refractivity (Wildman–Crippen MR) is 61.6 cm³/mol. The lowest BCUT2D eigenvalue weighted by atomic mass is 9.77. The number of hydrogen-bond donors (Lipinski definition) is 0. The monoisotopic (exact) mass is 214 g/mol. The van der Waals surface area contributed by atoms with E-state index >= 15 is 0 Å². The molecule has 1 atom stereocenters. The van der Waals surface area contributed by atoms with E-state index in [1.165, 1.54) is 11.3 Å². The minimum absolute atomic E-state index is 0.0142. The summed E-state index contributed by atoms with van der Waals surface area (Å²) in [6.07, 6.45) is 3.18. The largest absolute Gasteiger partial charge is 0.195 e. The van der Waals surface area contributed by atoms with Crippen LogP contribution in [0.3, 0.4) is 0 Å². The van der Waals surface area contributed by atoms with Gasteiger partial charge in [-0.25, -0.2) is 0 Å². The summed E-state index contributed by atoms with van der Waals surface area (Å²) < 4.78 is 13.6. The fourth-order valence-corrected chi connectivity index (χ4v) is 2.83. The van der Waals surface area contributed by atoms with Crippen LogP contribution in [0.25, 0.3) is 0 Å². The first-order valence-corrected chi connectivity index (χ1v) is 6.11. The van der Waals surface area contributed by atoms with E-state index in [4.69, 9.17) is 0 Å². The molecule has 0 saturated carbocycles. The van der Waals surface area contributed by atoms with Gasteiger partial charge in [-0.15, -0.1) is 11.3 Å². The van der Waals surface area contributed by atoms with Crippen molar-refractivity contribution in [1.29, 1.82) is 0 Å². The number of halogens is 1. The second-order valence-corrected chi connectivity index (χ2v) is 5.42. The van der Waals surface area contributed by atoms with E-state index in [9.17, 15) is 4.39 Å². The zero-order chi connectivity index (χ0) is 10.8. The highest BCUT2D eigenvalue weighted by atomic mass is 32.1. The van der Waals surface area contributed by atoms with Crippen LogP contribution in [0.1, 0.15) is 50.5 Å². The highest BCUT2D eigenvalue weighted by Gasteiger charge is 2.28. The molecular weight excluding hydrogens is 195 g/mol. The van der Waals surface area contributed by atoms with Gasteiger partial charge in [0.15, 0.2) is 5.13 Å². The van der Waals surface area contributed by atoms with Gasteiger partial charge in [-0.3, -0.25) is 0 Å². The van der Waals surface area contributed by atoms with Crippen LogP contribution < -0.4 is 0 Å². The van der Waals surface area contributed by atoms with E-state index in [1.807, 2.05) is 13.0 Å². The van der Waals surface area contributed by atoms with Crippen LogP contribution >= 0.6 is 11.3 Å². The summed E-state index contributed by atoms with van der Waals surface area (Å²) in [5.41, 5.74) is 0.952. The molecule has 0 N–H and O–H groups in total. The number of rotatable bonds is 4. The molecule has 0 nitrogen and oxygen atoms in total. The first kappa shape index (κ1) is 11.7. The van der Waals surface area contributed by atoms with Crippen molar-refractivity contribution >= 4 is 11.3 Å². The molecule has 0 bridgehead atoms. The van der Waals surface area contributed by atoms with Crippen molar-refractivity contribution < 1.29 is 4.39 Å². The van der Waals surface area contributed by atoms with Gasteiger partial charge in [0.25, 0.3) is 0 Å². The zero-order valence-corrected chi connectivity index (χ0v) is 10.3. The molecule has 1 aromatic rings. The average molecular weight is 214 g/mol. The van der Waals surface area contributed by atoms with Crippen molar-refractivity contribution in [1.82, 2.24) is 0 Å². The molecule has 0 fully saturated rings. The Bertz CT molecular complexity index is 303. The first-order valence-electron chi connectivity index (χ1n) is 5.30. The van der Waals surface area contributed by atoms with Gasteiger partial charge in [-0.1, -0.05) is 27.2 Å². The molecule has 0 aliphatic heterocycles. The van der Waals surface area contributed by atoms with E-state index < -0.39 is 0 Å². The fraction of sp³-hybridized carbons (Fsp3) is 0.667. The third-order valence-corrected chi connectivity index (χ3v) is 3.88. The minimum atomic E-state index is 0.0142. The maximum absolute atomic E-state index is 13.6. The number of hydrogen-bond acceptors (Lipinski definition) is 1. The van der Waals surface area contributed by atoms with Gasteiger partial charge in [0.05, 0.1) is 0 Å². The quantitative estimate of drug-likeness (QED) is 0.683. The maximum Gasteiger partial charge on any atom is 0.180 e. The van der Waals surface area contributed by atoms with Gasteiger partial charge >= 0.3 is 0 Å². The van der Waals surface area contributed by atoms with E-state index in [0.717, 1.165) is 29.7 Å². The second-order valence-electron chi connectivity index (χ2n) is 4.21. The van der Waals surface area contributed by atoms with E-state index in [2.05, 4.69) is 20.8 Å². The van der Waals surface area contributed by atoms with E-state index in [0.29, 0.717) is 0 Å². The first-order chi connectivity index (χ1) is 6.53. The van der Waals surface area contributed by atoms with Crippen LogP contribution in [0.15, 0.2) is 6.07 Å². The third kappa shape index (κ3) is 2.17. The van der Waals surface area contributed by atoms with Crippen molar-refractivity contribution in [3.05, 3.63) is 21.6 Å². The molecule has 0 aliphatic rings. The molecule has 14 heavy (non-hydrogen) atoms. The number of aryl methyl sites for hydroxylation is 1. The van der Waals surface area contributed by atoms with Crippen LogP contribution in [-0.2, 0) is 5.41 Å². The van der Waals surface area contributed by atoms with Crippen LogP contribution in [0.4, 0.5) is 4.39 Å². The molecule has 1 aromatic heterocycles. The summed E-state index contributed by atoms with van der Waals surface area (Å²) in [7, 11) is 0. The maximum atomic E-state index is 13.6. The standard InChI is InChI=1S/C12H19FS/c1-5-7-12(4,6-2)10-8-9(3)14-11(10)13/h8H,5-7H2,1-4H3. The van der Waals surface area contributed by atoms with Crippen LogP contribution in [0.5, 0.6) is 0 Å². The summed E-state index contributed by atoms with van der Waals surface area (Å²) in [6.45, 7) is 8.44. The summed E-state index contributed by atoms with van der Waals surface area (Å²) in [5.74, 6) is 0. The molecule has 0 aliphatic carbocycles.